The van der Waals surface area contributed by atoms with Crippen molar-refractivity contribution in [2.45, 2.75) is 45.2 Å². The maximum absolute atomic E-state index is 13.4. The molecule has 4 atom stereocenters. The van der Waals surface area contributed by atoms with Gasteiger partial charge in [0.1, 0.15) is 24.4 Å². The zero-order valence-corrected chi connectivity index (χ0v) is 26.1. The first kappa shape index (κ1) is 32.7. The molecule has 39 heavy (non-hydrogen) atoms. The maximum Gasteiger partial charge on any atom is 0.408 e. The first-order chi connectivity index (χ1) is 18.6. The van der Waals surface area contributed by atoms with E-state index < -0.39 is 31.6 Å². The monoisotopic (exact) mass is 623 g/mol. The number of rotatable bonds is 9. The van der Waals surface area contributed by atoms with Crippen molar-refractivity contribution in [1.29, 1.82) is 0 Å². The molecule has 0 bridgehead atoms. The molecule has 3 rings (SSSR count). The van der Waals surface area contributed by atoms with Gasteiger partial charge in [-0.15, -0.1) is 0 Å². The van der Waals surface area contributed by atoms with E-state index >= 15 is 0 Å². The lowest BCUT2D eigenvalue weighted by molar-refractivity contribution is -0.892. The fourth-order valence-electron chi connectivity index (χ4n) is 4.22. The number of quaternary nitrogens is 1. The van der Waals surface area contributed by atoms with Gasteiger partial charge in [0.15, 0.2) is 11.9 Å². The zero-order chi connectivity index (χ0) is 29.0. The highest BCUT2D eigenvalue weighted by Crippen LogP contribution is 2.42. The third-order valence-corrected chi connectivity index (χ3v) is 8.85. The third-order valence-electron chi connectivity index (χ3n) is 6.13. The van der Waals surface area contributed by atoms with E-state index in [4.69, 9.17) is 14.2 Å². The van der Waals surface area contributed by atoms with E-state index in [1.54, 1.807) is 64.3 Å². The number of benzene rings is 2. The Balaban J connectivity index is 0.00000260. The Labute approximate surface area is 241 Å². The van der Waals surface area contributed by atoms with Crippen molar-refractivity contribution in [2.75, 3.05) is 44.9 Å². The second-order valence-electron chi connectivity index (χ2n) is 10.0. The molecular formula is C29H41BrN2O6P+. The van der Waals surface area contributed by atoms with Gasteiger partial charge >= 0.3 is 12.1 Å². The first-order valence-electron chi connectivity index (χ1n) is 13.0. The van der Waals surface area contributed by atoms with Crippen LogP contribution in [0.3, 0.4) is 0 Å². The maximum atomic E-state index is 13.4. The Morgan fingerprint density at radius 2 is 1.72 bits per heavy atom. The number of ether oxygens (including phenoxy) is 3. The van der Waals surface area contributed by atoms with Crippen molar-refractivity contribution in [3.63, 3.8) is 0 Å². The summed E-state index contributed by atoms with van der Waals surface area (Å²) in [4.78, 5) is 39.9. The van der Waals surface area contributed by atoms with Crippen LogP contribution in [0.5, 0.6) is 5.75 Å². The van der Waals surface area contributed by atoms with Crippen LogP contribution in [0.15, 0.2) is 54.6 Å². The highest BCUT2D eigenvalue weighted by Gasteiger charge is 2.37. The Kier molecular flexibility index (Phi) is 13.4. The van der Waals surface area contributed by atoms with Crippen molar-refractivity contribution < 1.29 is 33.5 Å². The van der Waals surface area contributed by atoms with E-state index in [0.29, 0.717) is 30.0 Å². The summed E-state index contributed by atoms with van der Waals surface area (Å²) in [6.45, 7) is 9.14. The van der Waals surface area contributed by atoms with Crippen LogP contribution in [-0.4, -0.2) is 74.2 Å². The Morgan fingerprint density at radius 3 is 2.28 bits per heavy atom. The minimum Gasteiger partial charge on any atom is -0.497 e. The number of methoxy groups -OCH3 is 1. The van der Waals surface area contributed by atoms with Crippen LogP contribution in [0.25, 0.3) is 0 Å². The topological polar surface area (TPSA) is 95.4 Å². The molecule has 2 aromatic rings. The number of alkyl halides is 1. The fraction of sp³-hybridized carbons (Fsp3) is 0.483. The van der Waals surface area contributed by atoms with E-state index in [9.17, 15) is 14.4 Å². The van der Waals surface area contributed by atoms with Crippen molar-refractivity contribution in [1.82, 2.24) is 5.32 Å². The van der Waals surface area contributed by atoms with Gasteiger partial charge in [-0.1, -0.05) is 61.1 Å². The van der Waals surface area contributed by atoms with Gasteiger partial charge in [-0.3, -0.25) is 4.79 Å². The van der Waals surface area contributed by atoms with Crippen LogP contribution >= 0.6 is 23.9 Å². The highest BCUT2D eigenvalue weighted by molar-refractivity contribution is 9.08. The SMILES string of the molecule is CBr.CCP1CC[NH+](CC(=O)c2ccc(OC)cc2)C[C@@H]1OC(=O)C(NC(=O)OC(C)(C)C)c1ccccc1. The number of carbonyl (C=O) groups is 3. The number of halogens is 1. The Morgan fingerprint density at radius 1 is 1.08 bits per heavy atom. The molecule has 1 amide bonds. The van der Waals surface area contributed by atoms with Gasteiger partial charge < -0.3 is 24.4 Å². The lowest BCUT2D eigenvalue weighted by Crippen LogP contribution is -3.15. The quantitative estimate of drug-likeness (QED) is 0.186. The summed E-state index contributed by atoms with van der Waals surface area (Å²) in [6, 6.07) is 15.1. The van der Waals surface area contributed by atoms with Crippen LogP contribution in [0.1, 0.15) is 49.7 Å². The number of hydrogen-bond donors (Lipinski definition) is 2. The predicted molar refractivity (Wildman–Crippen MR) is 158 cm³/mol. The third kappa shape index (κ3) is 10.5. The molecule has 1 aliphatic heterocycles. The van der Waals surface area contributed by atoms with Gasteiger partial charge in [0.25, 0.3) is 0 Å². The van der Waals surface area contributed by atoms with Crippen LogP contribution in [-0.2, 0) is 14.3 Å². The Bertz CT molecular complexity index is 1060. The van der Waals surface area contributed by atoms with Gasteiger partial charge in [-0.05, 0) is 62.6 Å². The van der Waals surface area contributed by atoms with Crippen molar-refractivity contribution in [3.8, 4) is 5.75 Å². The minimum absolute atomic E-state index is 0.0409. The Hall–Kier alpha value is -2.48. The summed E-state index contributed by atoms with van der Waals surface area (Å²) in [5.74, 6) is 1.74. The first-order valence-corrected chi connectivity index (χ1v) is 16.3. The average Bonchev–Trinajstić information content (AvgIpc) is 2.92. The standard InChI is InChI=1S/C28H37N2O6P.CH3Br/c1-6-37-17-16-30(18-23(31)20-12-14-22(34-5)15-13-20)19-24(37)35-26(32)25(21-10-8-7-9-11-21)29-27(33)36-28(2,3)4;1-2/h7-15,24-25H,6,16-19H2,1-5H3,(H,29,33);1H3/p+1/t24-,25?,37?;/m1./s1. The van der Waals surface area contributed by atoms with Gasteiger partial charge in [-0.2, -0.15) is 0 Å². The van der Waals surface area contributed by atoms with E-state index in [2.05, 4.69) is 28.2 Å². The fourth-order valence-corrected chi connectivity index (χ4v) is 6.60. The summed E-state index contributed by atoms with van der Waals surface area (Å²) >= 11 is 2.94. The molecule has 1 saturated heterocycles. The predicted octanol–water partition coefficient (Wildman–Crippen LogP) is 4.42. The molecule has 2 aromatic carbocycles. The van der Waals surface area contributed by atoms with E-state index in [1.165, 1.54) is 0 Å². The van der Waals surface area contributed by atoms with E-state index in [0.717, 1.165) is 23.8 Å². The number of hydrogen-bond acceptors (Lipinski definition) is 6. The number of carbonyl (C=O) groups excluding carboxylic acids is 3. The molecule has 0 spiro atoms. The summed E-state index contributed by atoms with van der Waals surface area (Å²) in [5, 5.41) is 2.69. The second kappa shape index (κ2) is 15.9. The van der Waals surface area contributed by atoms with Crippen molar-refractivity contribution in [2.24, 2.45) is 0 Å². The van der Waals surface area contributed by atoms with Crippen molar-refractivity contribution >= 4 is 41.7 Å². The molecule has 3 unspecified atom stereocenters. The molecule has 10 heteroatoms. The number of alkyl carbamates (subject to hydrolysis) is 1. The summed E-state index contributed by atoms with van der Waals surface area (Å²) in [6.07, 6.45) is 1.14. The van der Waals surface area contributed by atoms with Crippen LogP contribution in [0.2, 0.25) is 0 Å². The average molecular weight is 625 g/mol. The van der Waals surface area contributed by atoms with Crippen molar-refractivity contribution in [3.05, 3.63) is 65.7 Å². The van der Waals surface area contributed by atoms with E-state index in [1.807, 2.05) is 24.0 Å². The molecule has 0 aromatic heterocycles. The van der Waals surface area contributed by atoms with Gasteiger partial charge in [0.05, 0.1) is 13.7 Å². The molecule has 8 nitrogen and oxygen atoms in total. The van der Waals surface area contributed by atoms with Crippen LogP contribution in [0, 0.1) is 0 Å². The molecule has 0 radical (unpaired) electrons. The molecule has 0 saturated carbocycles. The molecule has 1 fully saturated rings. The van der Waals surface area contributed by atoms with E-state index in [-0.39, 0.29) is 11.6 Å². The highest BCUT2D eigenvalue weighted by atomic mass is 79.9. The summed E-state index contributed by atoms with van der Waals surface area (Å²) < 4.78 is 16.6. The normalized spacial score (nSPS) is 19.5. The number of ketones is 1. The number of Topliss-reactive ketones (excluding diaryl/α,β-unsaturated/α-hetero) is 1. The zero-order valence-electron chi connectivity index (χ0n) is 23.7. The van der Waals surface area contributed by atoms with Gasteiger partial charge in [0, 0.05) is 11.7 Å². The molecule has 214 valence electrons. The minimum atomic E-state index is -0.990. The summed E-state index contributed by atoms with van der Waals surface area (Å²) in [7, 11) is 1.04. The summed E-state index contributed by atoms with van der Waals surface area (Å²) in [5.41, 5.74) is 0.555. The molecule has 0 aliphatic carbocycles. The smallest absolute Gasteiger partial charge is 0.408 e. The second-order valence-corrected chi connectivity index (χ2v) is 12.9. The lowest BCUT2D eigenvalue weighted by atomic mass is 10.1. The molecule has 2 N–H and O–H groups in total. The number of nitrogens with one attached hydrogen (secondary N) is 2. The van der Waals surface area contributed by atoms with Crippen LogP contribution < -0.4 is 15.0 Å². The van der Waals surface area contributed by atoms with Gasteiger partial charge in [-0.25, -0.2) is 9.59 Å². The number of amides is 1. The van der Waals surface area contributed by atoms with Gasteiger partial charge in [0.2, 0.25) is 5.78 Å². The lowest BCUT2D eigenvalue weighted by Gasteiger charge is -2.36. The largest absolute Gasteiger partial charge is 0.497 e. The number of esters is 1. The molecule has 1 aliphatic rings. The van der Waals surface area contributed by atoms with Crippen LogP contribution in [0.4, 0.5) is 4.79 Å². The molecular weight excluding hydrogens is 583 g/mol. The molecule has 1 heterocycles.